The molecule has 5 nitrogen and oxygen atoms in total. The average Bonchev–Trinajstić information content (AvgIpc) is 2.82. The van der Waals surface area contributed by atoms with E-state index < -0.39 is 0 Å². The number of nitrogens with zero attached hydrogens (tertiary/aromatic N) is 3. The molecule has 1 amide bonds. The van der Waals surface area contributed by atoms with Crippen LogP contribution in [0.1, 0.15) is 18.1 Å². The van der Waals surface area contributed by atoms with Crippen LogP contribution in [0.15, 0.2) is 82.7 Å². The van der Waals surface area contributed by atoms with Gasteiger partial charge in [-0.3, -0.25) is 14.2 Å². The van der Waals surface area contributed by atoms with Gasteiger partial charge in [0.25, 0.3) is 5.56 Å². The van der Waals surface area contributed by atoms with Crippen molar-refractivity contribution in [1.29, 1.82) is 0 Å². The molecule has 0 radical (unpaired) electrons. The summed E-state index contributed by atoms with van der Waals surface area (Å²) in [5.74, 6) is -0.322. The maximum absolute atomic E-state index is 13.5. The first-order valence-electron chi connectivity index (χ1n) is 10.7. The molecule has 3 aromatic carbocycles. The van der Waals surface area contributed by atoms with E-state index in [2.05, 4.69) is 0 Å². The minimum absolute atomic E-state index is 0.107. The Kier molecular flexibility index (Phi) is 6.89. The first-order chi connectivity index (χ1) is 16.0. The lowest BCUT2D eigenvalue weighted by atomic mass is 10.2. The maximum atomic E-state index is 13.5. The minimum atomic E-state index is -0.326. The fourth-order valence-electron chi connectivity index (χ4n) is 3.58. The Morgan fingerprint density at radius 2 is 1.82 bits per heavy atom. The van der Waals surface area contributed by atoms with Crippen LogP contribution in [0.5, 0.6) is 0 Å². The number of aromatic nitrogens is 2. The van der Waals surface area contributed by atoms with Crippen LogP contribution in [0.3, 0.4) is 0 Å². The Morgan fingerprint density at radius 1 is 1.06 bits per heavy atom. The molecule has 1 heterocycles. The minimum Gasteiger partial charge on any atom is -0.338 e. The van der Waals surface area contributed by atoms with Crippen LogP contribution in [0.4, 0.5) is 4.39 Å². The second-order valence-corrected chi connectivity index (χ2v) is 8.66. The van der Waals surface area contributed by atoms with Gasteiger partial charge in [0.05, 0.1) is 22.3 Å². The summed E-state index contributed by atoms with van der Waals surface area (Å²) in [7, 11) is 0. The molecule has 0 aliphatic heterocycles. The molecule has 4 aromatic rings. The van der Waals surface area contributed by atoms with Gasteiger partial charge in [0.1, 0.15) is 5.82 Å². The Bertz CT molecular complexity index is 1350. The van der Waals surface area contributed by atoms with Crippen molar-refractivity contribution in [3.63, 3.8) is 0 Å². The standard InChI is InChI=1S/C26H24FN3O2S/c1-3-29(16-19-7-6-8-20(27)15-19)24(31)17-33-26-28-23-10-5-4-9-22(23)25(32)30(26)21-13-11-18(2)12-14-21/h4-15H,3,16-17H2,1-2H3. The Balaban J connectivity index is 1.63. The monoisotopic (exact) mass is 461 g/mol. The lowest BCUT2D eigenvalue weighted by molar-refractivity contribution is -0.128. The van der Waals surface area contributed by atoms with Crippen LogP contribution in [0.25, 0.3) is 16.6 Å². The van der Waals surface area contributed by atoms with Gasteiger partial charge in [-0.15, -0.1) is 0 Å². The zero-order chi connectivity index (χ0) is 23.4. The van der Waals surface area contributed by atoms with E-state index >= 15 is 0 Å². The summed E-state index contributed by atoms with van der Waals surface area (Å²) >= 11 is 1.23. The fourth-order valence-corrected chi connectivity index (χ4v) is 4.50. The molecule has 7 heteroatoms. The molecule has 168 valence electrons. The van der Waals surface area contributed by atoms with Crippen LogP contribution in [-0.4, -0.2) is 32.7 Å². The second-order valence-electron chi connectivity index (χ2n) is 7.71. The molecule has 0 fully saturated rings. The highest BCUT2D eigenvalue weighted by Gasteiger charge is 2.17. The molecular weight excluding hydrogens is 437 g/mol. The normalized spacial score (nSPS) is 11.0. The van der Waals surface area contributed by atoms with Crippen molar-refractivity contribution in [3.05, 3.63) is 100 Å². The van der Waals surface area contributed by atoms with Crippen molar-refractivity contribution >= 4 is 28.6 Å². The van der Waals surface area contributed by atoms with E-state index in [0.717, 1.165) is 11.1 Å². The third-order valence-corrected chi connectivity index (χ3v) is 6.28. The van der Waals surface area contributed by atoms with Crippen LogP contribution in [-0.2, 0) is 11.3 Å². The van der Waals surface area contributed by atoms with Crippen molar-refractivity contribution in [2.75, 3.05) is 12.3 Å². The number of halogens is 1. The summed E-state index contributed by atoms with van der Waals surface area (Å²) < 4.78 is 15.1. The molecule has 0 spiro atoms. The van der Waals surface area contributed by atoms with E-state index in [9.17, 15) is 14.0 Å². The van der Waals surface area contributed by atoms with Crippen molar-refractivity contribution in [1.82, 2.24) is 14.5 Å². The molecule has 0 aliphatic carbocycles. The number of amides is 1. The smallest absolute Gasteiger partial charge is 0.266 e. The molecule has 33 heavy (non-hydrogen) atoms. The third kappa shape index (κ3) is 5.14. The number of fused-ring (bicyclic) bond motifs is 1. The zero-order valence-corrected chi connectivity index (χ0v) is 19.3. The van der Waals surface area contributed by atoms with Gasteiger partial charge >= 0.3 is 0 Å². The van der Waals surface area contributed by atoms with Gasteiger partial charge in [0.2, 0.25) is 5.91 Å². The molecule has 0 N–H and O–H groups in total. The van der Waals surface area contributed by atoms with Gasteiger partial charge in [-0.2, -0.15) is 0 Å². The molecule has 1 aromatic heterocycles. The number of thioether (sulfide) groups is 1. The molecule has 0 atom stereocenters. The van der Waals surface area contributed by atoms with Gasteiger partial charge < -0.3 is 4.90 Å². The van der Waals surface area contributed by atoms with Gasteiger partial charge in [0.15, 0.2) is 5.16 Å². The number of hydrogen-bond acceptors (Lipinski definition) is 4. The molecule has 4 rings (SSSR count). The topological polar surface area (TPSA) is 55.2 Å². The van der Waals surface area contributed by atoms with Crippen LogP contribution in [0.2, 0.25) is 0 Å². The SMILES string of the molecule is CCN(Cc1cccc(F)c1)C(=O)CSc1nc2ccccc2c(=O)n1-c1ccc(C)cc1. The van der Waals surface area contributed by atoms with Crippen molar-refractivity contribution in [2.24, 2.45) is 0 Å². The predicted octanol–water partition coefficient (Wildman–Crippen LogP) is 4.97. The van der Waals surface area contributed by atoms with Crippen LogP contribution < -0.4 is 5.56 Å². The highest BCUT2D eigenvalue weighted by Crippen LogP contribution is 2.22. The summed E-state index contributed by atoms with van der Waals surface area (Å²) in [6.07, 6.45) is 0. The molecule has 0 unspecified atom stereocenters. The summed E-state index contributed by atoms with van der Waals surface area (Å²) in [5, 5.41) is 0.979. The van der Waals surface area contributed by atoms with Gasteiger partial charge in [0, 0.05) is 13.1 Å². The molecule has 0 aliphatic rings. The van der Waals surface area contributed by atoms with Gasteiger partial charge in [-0.05, 0) is 55.8 Å². The fraction of sp³-hybridized carbons (Fsp3) is 0.192. The Hall–Kier alpha value is -3.45. The summed E-state index contributed by atoms with van der Waals surface area (Å²) in [6.45, 7) is 4.69. The number of rotatable bonds is 7. The van der Waals surface area contributed by atoms with Crippen molar-refractivity contribution in [3.8, 4) is 5.69 Å². The quantitative estimate of drug-likeness (QED) is 0.288. The number of carbonyl (C=O) groups excluding carboxylic acids is 1. The number of benzene rings is 3. The van der Waals surface area contributed by atoms with Gasteiger partial charge in [-0.25, -0.2) is 9.37 Å². The van der Waals surface area contributed by atoms with Crippen LogP contribution >= 0.6 is 11.8 Å². The average molecular weight is 462 g/mol. The maximum Gasteiger partial charge on any atom is 0.266 e. The number of aryl methyl sites for hydroxylation is 1. The van der Waals surface area contributed by atoms with Crippen LogP contribution in [0, 0.1) is 12.7 Å². The Morgan fingerprint density at radius 3 is 2.55 bits per heavy atom. The Labute approximate surface area is 195 Å². The van der Waals surface area contributed by atoms with Crippen molar-refractivity contribution in [2.45, 2.75) is 25.5 Å². The van der Waals surface area contributed by atoms with E-state index in [4.69, 9.17) is 4.98 Å². The van der Waals surface area contributed by atoms with E-state index in [-0.39, 0.29) is 23.0 Å². The number of hydrogen-bond donors (Lipinski definition) is 0. The lowest BCUT2D eigenvalue weighted by Gasteiger charge is -2.21. The third-order valence-electron chi connectivity index (χ3n) is 5.36. The van der Waals surface area contributed by atoms with E-state index in [1.807, 2.05) is 50.2 Å². The summed E-state index contributed by atoms with van der Waals surface area (Å²) in [4.78, 5) is 32.7. The van der Waals surface area contributed by atoms with E-state index in [1.165, 1.54) is 23.9 Å². The molecule has 0 bridgehead atoms. The summed E-state index contributed by atoms with van der Waals surface area (Å²) in [5.41, 5.74) is 2.93. The predicted molar refractivity (Wildman–Crippen MR) is 130 cm³/mol. The van der Waals surface area contributed by atoms with E-state index in [1.54, 1.807) is 33.7 Å². The van der Waals surface area contributed by atoms with E-state index in [0.29, 0.717) is 34.8 Å². The first kappa shape index (κ1) is 22.7. The van der Waals surface area contributed by atoms with Gasteiger partial charge in [-0.1, -0.05) is 53.7 Å². The number of para-hydroxylation sites is 1. The number of carbonyl (C=O) groups is 1. The summed E-state index contributed by atoms with van der Waals surface area (Å²) in [6, 6.07) is 21.1. The molecule has 0 saturated heterocycles. The molecule has 0 saturated carbocycles. The lowest BCUT2D eigenvalue weighted by Crippen LogP contribution is -2.32. The first-order valence-corrected chi connectivity index (χ1v) is 11.7. The molecular formula is C26H24FN3O2S. The zero-order valence-electron chi connectivity index (χ0n) is 18.5. The largest absolute Gasteiger partial charge is 0.338 e. The highest BCUT2D eigenvalue weighted by atomic mass is 32.2. The van der Waals surface area contributed by atoms with Crippen molar-refractivity contribution < 1.29 is 9.18 Å². The second kappa shape index (κ2) is 10.0. The highest BCUT2D eigenvalue weighted by molar-refractivity contribution is 7.99.